The Labute approximate surface area is 158 Å². The van der Waals surface area contributed by atoms with E-state index < -0.39 is 5.97 Å². The van der Waals surface area contributed by atoms with E-state index in [0.29, 0.717) is 24.5 Å². The number of ketones is 1. The number of hydrogen-bond acceptors (Lipinski definition) is 4. The smallest absolute Gasteiger partial charge is 0.328 e. The number of allylic oxidation sites excluding steroid dienone is 2. The van der Waals surface area contributed by atoms with Gasteiger partial charge in [-0.1, -0.05) is 60.7 Å². The molecular weight excluding hydrogens is 342 g/mol. The van der Waals surface area contributed by atoms with Gasteiger partial charge in [0.05, 0.1) is 25.0 Å². The van der Waals surface area contributed by atoms with Crippen molar-refractivity contribution in [2.45, 2.75) is 19.1 Å². The van der Waals surface area contributed by atoms with Crippen molar-refractivity contribution in [3.63, 3.8) is 0 Å². The fourth-order valence-corrected chi connectivity index (χ4v) is 2.97. The number of carbonyl (C=O) groups excluding carboxylic acids is 1. The van der Waals surface area contributed by atoms with E-state index >= 15 is 0 Å². The van der Waals surface area contributed by atoms with Gasteiger partial charge in [-0.25, -0.2) is 4.79 Å². The van der Waals surface area contributed by atoms with Crippen LogP contribution < -0.4 is 5.32 Å². The summed E-state index contributed by atoms with van der Waals surface area (Å²) < 4.78 is 5.78. The quantitative estimate of drug-likeness (QED) is 0.739. The fraction of sp³-hybridized carbons (Fsp3) is 0.182. The number of carboxylic acid groups (broad SMARTS) is 1. The molecule has 0 aliphatic carbocycles. The molecule has 1 heterocycles. The summed E-state index contributed by atoms with van der Waals surface area (Å²) in [6.07, 6.45) is 2.61. The van der Waals surface area contributed by atoms with Crippen molar-refractivity contribution in [3.8, 4) is 0 Å². The molecule has 5 heteroatoms. The van der Waals surface area contributed by atoms with Crippen molar-refractivity contribution < 1.29 is 19.4 Å². The van der Waals surface area contributed by atoms with Crippen LogP contribution in [0.1, 0.15) is 17.5 Å². The molecule has 2 aromatic rings. The number of ether oxygens (including phenoxy) is 1. The molecule has 0 radical (unpaired) electrons. The maximum absolute atomic E-state index is 12.6. The van der Waals surface area contributed by atoms with Crippen molar-refractivity contribution in [1.29, 1.82) is 0 Å². The maximum Gasteiger partial charge on any atom is 0.328 e. The molecule has 2 N–H and O–H groups in total. The Hall–Kier alpha value is -3.18. The van der Waals surface area contributed by atoms with Crippen LogP contribution in [0.2, 0.25) is 0 Å². The summed E-state index contributed by atoms with van der Waals surface area (Å²) in [6, 6.07) is 19.1. The van der Waals surface area contributed by atoms with Crippen LogP contribution in [0.5, 0.6) is 0 Å². The van der Waals surface area contributed by atoms with Crippen LogP contribution in [0.15, 0.2) is 78.4 Å². The fourth-order valence-electron chi connectivity index (χ4n) is 2.97. The Balaban J connectivity index is 1.75. The number of carbonyl (C=O) groups is 2. The van der Waals surface area contributed by atoms with Gasteiger partial charge < -0.3 is 15.2 Å². The molecule has 5 nitrogen and oxygen atoms in total. The number of Topliss-reactive ketones (excluding diaryl/α,β-unsaturated/α-hetero) is 1. The molecule has 0 aromatic heterocycles. The molecule has 1 unspecified atom stereocenters. The summed E-state index contributed by atoms with van der Waals surface area (Å²) in [5.74, 6) is -1.19. The first kappa shape index (κ1) is 18.6. The van der Waals surface area contributed by atoms with Gasteiger partial charge in [0.25, 0.3) is 0 Å². The van der Waals surface area contributed by atoms with E-state index in [0.717, 1.165) is 17.2 Å². The highest BCUT2D eigenvalue weighted by atomic mass is 16.5. The lowest BCUT2D eigenvalue weighted by Gasteiger charge is -2.28. The second kappa shape index (κ2) is 8.96. The highest BCUT2D eigenvalue weighted by Crippen LogP contribution is 2.25. The first-order valence-electron chi connectivity index (χ1n) is 8.75. The monoisotopic (exact) mass is 363 g/mol. The maximum atomic E-state index is 12.6. The summed E-state index contributed by atoms with van der Waals surface area (Å²) >= 11 is 0. The van der Waals surface area contributed by atoms with Crippen LogP contribution in [-0.2, 0) is 20.9 Å². The number of benzene rings is 2. The van der Waals surface area contributed by atoms with Gasteiger partial charge in [0.1, 0.15) is 0 Å². The van der Waals surface area contributed by atoms with Crippen LogP contribution >= 0.6 is 0 Å². The van der Waals surface area contributed by atoms with E-state index in [4.69, 9.17) is 9.84 Å². The molecule has 27 heavy (non-hydrogen) atoms. The van der Waals surface area contributed by atoms with Crippen molar-refractivity contribution in [3.05, 3.63) is 89.5 Å². The van der Waals surface area contributed by atoms with Gasteiger partial charge >= 0.3 is 5.97 Å². The van der Waals surface area contributed by atoms with E-state index in [1.54, 1.807) is 0 Å². The average Bonchev–Trinajstić information content (AvgIpc) is 2.68. The normalized spacial score (nSPS) is 17.2. The topological polar surface area (TPSA) is 75.6 Å². The summed E-state index contributed by atoms with van der Waals surface area (Å²) in [4.78, 5) is 23.5. The zero-order chi connectivity index (χ0) is 19.1. The molecule has 0 bridgehead atoms. The van der Waals surface area contributed by atoms with E-state index in [1.807, 2.05) is 60.7 Å². The Morgan fingerprint density at radius 2 is 1.78 bits per heavy atom. The molecule has 3 rings (SSSR count). The first-order valence-corrected chi connectivity index (χ1v) is 8.75. The Kier molecular flexibility index (Phi) is 6.18. The molecule has 1 aliphatic heterocycles. The number of rotatable bonds is 7. The predicted octanol–water partition coefficient (Wildman–Crippen LogP) is 3.19. The Morgan fingerprint density at radius 1 is 1.11 bits per heavy atom. The summed E-state index contributed by atoms with van der Waals surface area (Å²) in [6.45, 7) is 0.857. The Morgan fingerprint density at radius 3 is 2.44 bits per heavy atom. The zero-order valence-corrected chi connectivity index (χ0v) is 14.8. The highest BCUT2D eigenvalue weighted by molar-refractivity contribution is 6.07. The van der Waals surface area contributed by atoms with Crippen molar-refractivity contribution in [1.82, 2.24) is 5.32 Å². The number of hydrogen-bond donors (Lipinski definition) is 2. The second-order valence-corrected chi connectivity index (χ2v) is 6.30. The highest BCUT2D eigenvalue weighted by Gasteiger charge is 2.26. The molecule has 1 aliphatic rings. The molecular formula is C22H21NO4. The molecule has 0 saturated heterocycles. The van der Waals surface area contributed by atoms with Crippen molar-refractivity contribution >= 4 is 17.4 Å². The van der Waals surface area contributed by atoms with Crippen LogP contribution in [0.4, 0.5) is 0 Å². The summed E-state index contributed by atoms with van der Waals surface area (Å²) in [5, 5.41) is 12.3. The van der Waals surface area contributed by atoms with Gasteiger partial charge in [-0.05, 0) is 17.2 Å². The first-order chi connectivity index (χ1) is 13.1. The van der Waals surface area contributed by atoms with Gasteiger partial charge in [0, 0.05) is 18.1 Å². The van der Waals surface area contributed by atoms with E-state index in [2.05, 4.69) is 5.32 Å². The SMILES string of the molecule is O=C(O)C=CC1=C(c2ccccc2)NC(COCc2ccccc2)CC1=O. The largest absolute Gasteiger partial charge is 0.478 e. The number of carboxylic acids is 1. The van der Waals surface area contributed by atoms with Gasteiger partial charge in [-0.15, -0.1) is 0 Å². The molecule has 0 fully saturated rings. The number of aliphatic carboxylic acids is 1. The predicted molar refractivity (Wildman–Crippen MR) is 103 cm³/mol. The molecule has 0 spiro atoms. The van der Waals surface area contributed by atoms with E-state index in [1.165, 1.54) is 6.08 Å². The van der Waals surface area contributed by atoms with E-state index in [-0.39, 0.29) is 18.2 Å². The Bertz CT molecular complexity index is 856. The minimum atomic E-state index is -1.09. The lowest BCUT2D eigenvalue weighted by molar-refractivity contribution is -0.131. The van der Waals surface area contributed by atoms with E-state index in [9.17, 15) is 9.59 Å². The lowest BCUT2D eigenvalue weighted by atomic mass is 9.93. The summed E-state index contributed by atoms with van der Waals surface area (Å²) in [5.41, 5.74) is 2.92. The molecule has 1 atom stereocenters. The van der Waals surface area contributed by atoms with Gasteiger partial charge in [-0.2, -0.15) is 0 Å². The summed E-state index contributed by atoms with van der Waals surface area (Å²) in [7, 11) is 0. The lowest BCUT2D eigenvalue weighted by Crippen LogP contribution is -2.39. The van der Waals surface area contributed by atoms with Crippen molar-refractivity contribution in [2.24, 2.45) is 0 Å². The van der Waals surface area contributed by atoms with Gasteiger partial charge in [0.2, 0.25) is 0 Å². The molecule has 0 amide bonds. The third kappa shape index (κ3) is 5.15. The molecule has 2 aromatic carbocycles. The molecule has 138 valence electrons. The zero-order valence-electron chi connectivity index (χ0n) is 14.8. The molecule has 0 saturated carbocycles. The second-order valence-electron chi connectivity index (χ2n) is 6.30. The third-order valence-electron chi connectivity index (χ3n) is 4.24. The van der Waals surface area contributed by atoms with Gasteiger partial charge in [-0.3, -0.25) is 4.79 Å². The van der Waals surface area contributed by atoms with Crippen molar-refractivity contribution in [2.75, 3.05) is 6.61 Å². The van der Waals surface area contributed by atoms with Crippen LogP contribution in [0.25, 0.3) is 5.70 Å². The van der Waals surface area contributed by atoms with Crippen LogP contribution in [0, 0.1) is 0 Å². The minimum absolute atomic E-state index is 0.0987. The average molecular weight is 363 g/mol. The van der Waals surface area contributed by atoms with Crippen LogP contribution in [-0.4, -0.2) is 29.5 Å². The van der Waals surface area contributed by atoms with Crippen LogP contribution in [0.3, 0.4) is 0 Å². The third-order valence-corrected chi connectivity index (χ3v) is 4.24. The van der Waals surface area contributed by atoms with Gasteiger partial charge in [0.15, 0.2) is 5.78 Å². The minimum Gasteiger partial charge on any atom is -0.478 e. The number of nitrogens with one attached hydrogen (secondary N) is 1. The standard InChI is InChI=1S/C22H21NO4/c24-20-13-18(15-27-14-16-7-3-1-4-8-16)23-22(17-9-5-2-6-10-17)19(20)11-12-21(25)26/h1-12,18,23H,13-15H2,(H,25,26).